The Morgan fingerprint density at radius 2 is 2.15 bits per heavy atom. The predicted molar refractivity (Wildman–Crippen MR) is 85.6 cm³/mol. The Morgan fingerprint density at radius 3 is 2.75 bits per heavy atom. The quantitative estimate of drug-likeness (QED) is 0.887. The van der Waals surface area contributed by atoms with E-state index in [1.807, 2.05) is 30.3 Å². The minimum absolute atomic E-state index is 0.179. The maximum Gasteiger partial charge on any atom is 0.119 e. The molecule has 1 aromatic heterocycles. The number of halogens is 1. The van der Waals surface area contributed by atoms with E-state index in [1.165, 1.54) is 10.4 Å². The zero-order chi connectivity index (χ0) is 14.5. The molecule has 2 rings (SSSR count). The molecule has 5 heteroatoms. The van der Waals surface area contributed by atoms with Crippen molar-refractivity contribution in [2.24, 2.45) is 5.73 Å². The summed E-state index contributed by atoms with van der Waals surface area (Å²) < 4.78 is 6.05. The second-order valence-corrected chi connectivity index (χ2v) is 6.41. The van der Waals surface area contributed by atoms with Gasteiger partial charge in [0.15, 0.2) is 0 Å². The zero-order valence-electron chi connectivity index (χ0n) is 11.7. The van der Waals surface area contributed by atoms with Crippen molar-refractivity contribution in [2.45, 2.75) is 12.6 Å². The topological polar surface area (TPSA) is 38.5 Å². The summed E-state index contributed by atoms with van der Waals surface area (Å²) in [6.07, 6.45) is 0. The van der Waals surface area contributed by atoms with Crippen LogP contribution in [0.3, 0.4) is 0 Å². The molecule has 3 nitrogen and oxygen atoms in total. The number of rotatable bonds is 6. The lowest BCUT2D eigenvalue weighted by Gasteiger charge is -2.26. The minimum atomic E-state index is 0.179. The number of methoxy groups -OCH3 is 1. The second kappa shape index (κ2) is 7.09. The molecular formula is C15H19ClN2OS. The van der Waals surface area contributed by atoms with Gasteiger partial charge in [0.2, 0.25) is 0 Å². The van der Waals surface area contributed by atoms with Crippen LogP contribution in [0.4, 0.5) is 0 Å². The highest BCUT2D eigenvalue weighted by molar-refractivity contribution is 7.16. The van der Waals surface area contributed by atoms with E-state index < -0.39 is 0 Å². The van der Waals surface area contributed by atoms with Gasteiger partial charge in [0.05, 0.1) is 17.5 Å². The van der Waals surface area contributed by atoms with Crippen molar-refractivity contribution in [3.63, 3.8) is 0 Å². The standard InChI is InChI=1S/C15H19ClN2OS/c1-18(10-11-4-3-5-12(8-11)19-2)13(9-17)14-6-7-15(16)20-14/h3-8,13H,9-10,17H2,1-2H3. The van der Waals surface area contributed by atoms with Crippen molar-refractivity contribution in [3.05, 3.63) is 51.2 Å². The third kappa shape index (κ3) is 3.73. The van der Waals surface area contributed by atoms with Gasteiger partial charge in [-0.15, -0.1) is 11.3 Å². The van der Waals surface area contributed by atoms with Gasteiger partial charge in [-0.25, -0.2) is 0 Å². The van der Waals surface area contributed by atoms with Gasteiger partial charge in [-0.05, 0) is 36.9 Å². The van der Waals surface area contributed by atoms with Gasteiger partial charge in [0.25, 0.3) is 0 Å². The Hall–Kier alpha value is -1.07. The second-order valence-electron chi connectivity index (χ2n) is 4.66. The summed E-state index contributed by atoms with van der Waals surface area (Å²) >= 11 is 7.59. The molecule has 20 heavy (non-hydrogen) atoms. The highest BCUT2D eigenvalue weighted by atomic mass is 35.5. The zero-order valence-corrected chi connectivity index (χ0v) is 13.2. The Morgan fingerprint density at radius 1 is 1.35 bits per heavy atom. The third-order valence-electron chi connectivity index (χ3n) is 3.24. The first-order valence-corrected chi connectivity index (χ1v) is 7.62. The smallest absolute Gasteiger partial charge is 0.119 e. The number of hydrogen-bond acceptors (Lipinski definition) is 4. The van der Waals surface area contributed by atoms with Crippen LogP contribution in [0, 0.1) is 0 Å². The van der Waals surface area contributed by atoms with Gasteiger partial charge >= 0.3 is 0 Å². The molecule has 0 bridgehead atoms. The Labute approximate surface area is 128 Å². The van der Waals surface area contributed by atoms with Crippen LogP contribution in [0.15, 0.2) is 36.4 Å². The summed E-state index contributed by atoms with van der Waals surface area (Å²) in [6, 6.07) is 12.2. The van der Waals surface area contributed by atoms with Crippen LogP contribution in [0.1, 0.15) is 16.5 Å². The minimum Gasteiger partial charge on any atom is -0.497 e. The highest BCUT2D eigenvalue weighted by Crippen LogP contribution is 2.30. The molecular weight excluding hydrogens is 292 g/mol. The largest absolute Gasteiger partial charge is 0.497 e. The van der Waals surface area contributed by atoms with Crippen LogP contribution in [-0.2, 0) is 6.54 Å². The summed E-state index contributed by atoms with van der Waals surface area (Å²) in [7, 11) is 3.75. The van der Waals surface area contributed by atoms with Gasteiger partial charge in [-0.2, -0.15) is 0 Å². The number of benzene rings is 1. The fraction of sp³-hybridized carbons (Fsp3) is 0.333. The number of hydrogen-bond donors (Lipinski definition) is 1. The molecule has 0 fully saturated rings. The average Bonchev–Trinajstić information content (AvgIpc) is 2.86. The molecule has 0 radical (unpaired) electrons. The Kier molecular flexibility index (Phi) is 5.43. The monoisotopic (exact) mass is 310 g/mol. The molecule has 0 saturated heterocycles. The van der Waals surface area contributed by atoms with E-state index in [9.17, 15) is 0 Å². The van der Waals surface area contributed by atoms with Crippen LogP contribution in [0.5, 0.6) is 5.75 Å². The van der Waals surface area contributed by atoms with E-state index in [1.54, 1.807) is 18.4 Å². The van der Waals surface area contributed by atoms with E-state index in [2.05, 4.69) is 18.0 Å². The number of ether oxygens (including phenoxy) is 1. The van der Waals surface area contributed by atoms with E-state index in [-0.39, 0.29) is 6.04 Å². The normalized spacial score (nSPS) is 12.7. The molecule has 2 N–H and O–H groups in total. The van der Waals surface area contributed by atoms with Crippen LogP contribution < -0.4 is 10.5 Å². The summed E-state index contributed by atoms with van der Waals surface area (Å²) in [4.78, 5) is 3.43. The molecule has 0 aliphatic rings. The summed E-state index contributed by atoms with van der Waals surface area (Å²) in [5.74, 6) is 0.874. The SMILES string of the molecule is COc1cccc(CN(C)C(CN)c2ccc(Cl)s2)c1. The predicted octanol–water partition coefficient (Wildman–Crippen LogP) is 3.54. The maximum absolute atomic E-state index is 6.01. The summed E-state index contributed by atoms with van der Waals surface area (Å²) in [6.45, 7) is 1.38. The lowest BCUT2D eigenvalue weighted by molar-refractivity contribution is 0.245. The first-order chi connectivity index (χ1) is 9.63. The number of nitrogens with zero attached hydrogens (tertiary/aromatic N) is 1. The molecule has 1 unspecified atom stereocenters. The van der Waals surface area contributed by atoms with E-state index in [4.69, 9.17) is 22.1 Å². The van der Waals surface area contributed by atoms with Crippen LogP contribution >= 0.6 is 22.9 Å². The molecule has 0 spiro atoms. The summed E-state index contributed by atoms with van der Waals surface area (Å²) in [5, 5.41) is 0. The number of nitrogens with two attached hydrogens (primary N) is 1. The molecule has 0 aliphatic heterocycles. The Bertz CT molecular complexity index is 558. The van der Waals surface area contributed by atoms with E-state index in [0.717, 1.165) is 16.6 Å². The van der Waals surface area contributed by atoms with Crippen molar-refractivity contribution >= 4 is 22.9 Å². The molecule has 1 aromatic carbocycles. The molecule has 108 valence electrons. The third-order valence-corrected chi connectivity index (χ3v) is 4.58. The highest BCUT2D eigenvalue weighted by Gasteiger charge is 2.17. The molecule has 0 aliphatic carbocycles. The van der Waals surface area contributed by atoms with Crippen molar-refractivity contribution in [1.82, 2.24) is 4.90 Å². The van der Waals surface area contributed by atoms with Gasteiger partial charge in [-0.3, -0.25) is 4.90 Å². The molecule has 1 heterocycles. The lowest BCUT2D eigenvalue weighted by atomic mass is 10.1. The van der Waals surface area contributed by atoms with Crippen molar-refractivity contribution < 1.29 is 4.74 Å². The van der Waals surface area contributed by atoms with Gasteiger partial charge in [-0.1, -0.05) is 23.7 Å². The molecule has 2 aromatic rings. The van der Waals surface area contributed by atoms with Crippen LogP contribution in [-0.4, -0.2) is 25.6 Å². The molecule has 1 atom stereocenters. The molecule has 0 amide bonds. The maximum atomic E-state index is 6.01. The summed E-state index contributed by atoms with van der Waals surface area (Å²) in [5.41, 5.74) is 7.12. The first-order valence-electron chi connectivity index (χ1n) is 6.42. The van der Waals surface area contributed by atoms with Crippen molar-refractivity contribution in [2.75, 3.05) is 20.7 Å². The van der Waals surface area contributed by atoms with Gasteiger partial charge in [0, 0.05) is 18.0 Å². The van der Waals surface area contributed by atoms with Gasteiger partial charge in [0.1, 0.15) is 5.75 Å². The van der Waals surface area contributed by atoms with E-state index in [0.29, 0.717) is 6.54 Å². The van der Waals surface area contributed by atoms with Crippen LogP contribution in [0.2, 0.25) is 4.34 Å². The van der Waals surface area contributed by atoms with Crippen LogP contribution in [0.25, 0.3) is 0 Å². The van der Waals surface area contributed by atoms with Crippen molar-refractivity contribution in [1.29, 1.82) is 0 Å². The first kappa shape index (κ1) is 15.3. The average molecular weight is 311 g/mol. The van der Waals surface area contributed by atoms with Gasteiger partial charge < -0.3 is 10.5 Å². The lowest BCUT2D eigenvalue weighted by Crippen LogP contribution is -2.29. The number of likely N-dealkylation sites (N-methyl/N-ethyl adjacent to an activating group) is 1. The van der Waals surface area contributed by atoms with E-state index >= 15 is 0 Å². The fourth-order valence-electron chi connectivity index (χ4n) is 2.19. The number of thiophene rings is 1. The fourth-order valence-corrected chi connectivity index (χ4v) is 3.43. The molecule has 0 saturated carbocycles. The Balaban J connectivity index is 2.10. The van der Waals surface area contributed by atoms with Crippen molar-refractivity contribution in [3.8, 4) is 5.75 Å².